The van der Waals surface area contributed by atoms with E-state index >= 15 is 0 Å². The molecule has 0 atom stereocenters. The van der Waals surface area contributed by atoms with Crippen LogP contribution in [0.3, 0.4) is 0 Å². The highest BCUT2D eigenvalue weighted by molar-refractivity contribution is 5.44. The van der Waals surface area contributed by atoms with Crippen LogP contribution in [0.1, 0.15) is 30.4 Å². The average Bonchev–Trinajstić information content (AvgIpc) is 2.34. The number of hydrogen-bond donors (Lipinski definition) is 1. The highest BCUT2D eigenvalue weighted by atomic mass is 16.6. The third-order valence-corrected chi connectivity index (χ3v) is 4.07. The van der Waals surface area contributed by atoms with Crippen molar-refractivity contribution in [2.75, 3.05) is 13.7 Å². The van der Waals surface area contributed by atoms with Gasteiger partial charge in [0.15, 0.2) is 0 Å². The summed E-state index contributed by atoms with van der Waals surface area (Å²) in [6, 6.07) is 5.20. The lowest BCUT2D eigenvalue weighted by atomic mass is 9.80. The van der Waals surface area contributed by atoms with Gasteiger partial charge in [-0.05, 0) is 31.7 Å². The molecule has 1 aromatic rings. The lowest BCUT2D eigenvalue weighted by molar-refractivity contribution is -0.385. The van der Waals surface area contributed by atoms with E-state index < -0.39 is 0 Å². The molecule has 1 aliphatic rings. The molecular weight excluding hydrogens is 244 g/mol. The third kappa shape index (κ3) is 2.93. The molecule has 1 N–H and O–H groups in total. The van der Waals surface area contributed by atoms with E-state index in [0.29, 0.717) is 6.54 Å². The largest absolute Gasteiger partial charge is 0.377 e. The zero-order valence-corrected chi connectivity index (χ0v) is 11.4. The third-order valence-electron chi connectivity index (χ3n) is 4.07. The summed E-state index contributed by atoms with van der Waals surface area (Å²) in [5.74, 6) is 0. The molecular formula is C14H20N2O3. The van der Waals surface area contributed by atoms with Gasteiger partial charge in [0.2, 0.25) is 0 Å². The maximum Gasteiger partial charge on any atom is 0.272 e. The molecule has 0 heterocycles. The highest BCUT2D eigenvalue weighted by Crippen LogP contribution is 2.34. The van der Waals surface area contributed by atoms with E-state index in [1.165, 1.54) is 6.42 Å². The number of methoxy groups -OCH3 is 1. The summed E-state index contributed by atoms with van der Waals surface area (Å²) < 4.78 is 5.53. The number of ether oxygens (including phenoxy) is 1. The van der Waals surface area contributed by atoms with E-state index in [4.69, 9.17) is 4.74 Å². The van der Waals surface area contributed by atoms with E-state index in [1.807, 2.05) is 6.07 Å². The number of benzene rings is 1. The van der Waals surface area contributed by atoms with Gasteiger partial charge in [-0.15, -0.1) is 0 Å². The van der Waals surface area contributed by atoms with Gasteiger partial charge in [-0.25, -0.2) is 0 Å². The molecule has 104 valence electrons. The van der Waals surface area contributed by atoms with E-state index in [1.54, 1.807) is 26.2 Å². The van der Waals surface area contributed by atoms with Gasteiger partial charge in [-0.2, -0.15) is 0 Å². The van der Waals surface area contributed by atoms with Crippen molar-refractivity contribution in [1.29, 1.82) is 0 Å². The molecule has 1 aliphatic carbocycles. The molecule has 19 heavy (non-hydrogen) atoms. The first-order chi connectivity index (χ1) is 9.08. The summed E-state index contributed by atoms with van der Waals surface area (Å²) in [7, 11) is 1.75. The summed E-state index contributed by atoms with van der Waals surface area (Å²) in [5, 5.41) is 14.2. The molecule has 1 saturated carbocycles. The van der Waals surface area contributed by atoms with Crippen LogP contribution in [0.25, 0.3) is 0 Å². The van der Waals surface area contributed by atoms with Gasteiger partial charge >= 0.3 is 0 Å². The molecule has 0 saturated heterocycles. The number of rotatable bonds is 6. The van der Waals surface area contributed by atoms with Gasteiger partial charge in [-0.3, -0.25) is 10.1 Å². The SMILES string of the molecule is COC1(CNCc2cccc([N+](=O)[O-])c2C)CCC1. The normalized spacial score (nSPS) is 16.9. The molecule has 0 spiro atoms. The zero-order chi connectivity index (χ0) is 13.9. The lowest BCUT2D eigenvalue weighted by Gasteiger charge is -2.40. The second-order valence-electron chi connectivity index (χ2n) is 5.16. The first-order valence-electron chi connectivity index (χ1n) is 6.57. The van der Waals surface area contributed by atoms with Gasteiger partial charge in [0.25, 0.3) is 5.69 Å². The van der Waals surface area contributed by atoms with Crippen molar-refractivity contribution in [1.82, 2.24) is 5.32 Å². The Morgan fingerprint density at radius 1 is 1.47 bits per heavy atom. The maximum absolute atomic E-state index is 10.9. The van der Waals surface area contributed by atoms with Crippen LogP contribution in [0.5, 0.6) is 0 Å². The topological polar surface area (TPSA) is 64.4 Å². The quantitative estimate of drug-likeness (QED) is 0.633. The molecule has 5 nitrogen and oxygen atoms in total. The fraction of sp³-hybridized carbons (Fsp3) is 0.571. The smallest absolute Gasteiger partial charge is 0.272 e. The predicted molar refractivity (Wildman–Crippen MR) is 73.1 cm³/mol. The monoisotopic (exact) mass is 264 g/mol. The van der Waals surface area contributed by atoms with Crippen molar-refractivity contribution < 1.29 is 9.66 Å². The molecule has 0 amide bonds. The second-order valence-corrected chi connectivity index (χ2v) is 5.16. The van der Waals surface area contributed by atoms with Crippen molar-refractivity contribution in [3.05, 3.63) is 39.4 Å². The Morgan fingerprint density at radius 2 is 2.21 bits per heavy atom. The predicted octanol–water partition coefficient (Wildman–Crippen LogP) is 2.56. The molecule has 0 unspecified atom stereocenters. The Kier molecular flexibility index (Phi) is 4.17. The first-order valence-corrected chi connectivity index (χ1v) is 6.57. The van der Waals surface area contributed by atoms with Crippen LogP contribution in [0.4, 0.5) is 5.69 Å². The maximum atomic E-state index is 10.9. The molecule has 0 aromatic heterocycles. The number of hydrogen-bond acceptors (Lipinski definition) is 4. The Labute approximate surface area is 113 Å². The standard InChI is InChI=1S/C14H20N2O3/c1-11-12(5-3-6-13(11)16(17)18)9-15-10-14(19-2)7-4-8-14/h3,5-6,15H,4,7-10H2,1-2H3. The van der Waals surface area contributed by atoms with E-state index in [-0.39, 0.29) is 16.2 Å². The number of nitro groups is 1. The fourth-order valence-corrected chi connectivity index (χ4v) is 2.51. The van der Waals surface area contributed by atoms with Crippen molar-refractivity contribution in [2.45, 2.75) is 38.3 Å². The molecule has 1 fully saturated rings. The molecule has 0 aliphatic heterocycles. The first kappa shape index (κ1) is 14.0. The van der Waals surface area contributed by atoms with E-state index in [9.17, 15) is 10.1 Å². The minimum atomic E-state index is -0.332. The van der Waals surface area contributed by atoms with Crippen molar-refractivity contribution in [2.24, 2.45) is 0 Å². The molecule has 0 radical (unpaired) electrons. The van der Waals surface area contributed by atoms with Crippen LogP contribution in [0.2, 0.25) is 0 Å². The summed E-state index contributed by atoms with van der Waals surface area (Å²) in [6.45, 7) is 3.23. The van der Waals surface area contributed by atoms with Crippen LogP contribution in [-0.4, -0.2) is 24.2 Å². The Hall–Kier alpha value is -1.46. The highest BCUT2D eigenvalue weighted by Gasteiger charge is 2.36. The minimum absolute atomic E-state index is 0.0192. The van der Waals surface area contributed by atoms with E-state index in [0.717, 1.165) is 30.5 Å². The molecule has 5 heteroatoms. The van der Waals surface area contributed by atoms with Gasteiger partial charge in [0.05, 0.1) is 10.5 Å². The molecule has 0 bridgehead atoms. The van der Waals surface area contributed by atoms with Gasteiger partial charge in [0.1, 0.15) is 0 Å². The van der Waals surface area contributed by atoms with Gasteiger partial charge < -0.3 is 10.1 Å². The van der Waals surface area contributed by atoms with Crippen LogP contribution in [-0.2, 0) is 11.3 Å². The lowest BCUT2D eigenvalue weighted by Crippen LogP contribution is -2.47. The van der Waals surface area contributed by atoms with E-state index in [2.05, 4.69) is 5.32 Å². The number of nitro benzene ring substituents is 1. The van der Waals surface area contributed by atoms with Crippen LogP contribution >= 0.6 is 0 Å². The Balaban J connectivity index is 1.96. The summed E-state index contributed by atoms with van der Waals surface area (Å²) in [5.41, 5.74) is 1.87. The summed E-state index contributed by atoms with van der Waals surface area (Å²) in [4.78, 5) is 10.5. The number of nitrogens with one attached hydrogen (secondary N) is 1. The zero-order valence-electron chi connectivity index (χ0n) is 11.4. The minimum Gasteiger partial charge on any atom is -0.377 e. The number of nitrogens with zero attached hydrogens (tertiary/aromatic N) is 1. The summed E-state index contributed by atoms with van der Waals surface area (Å²) in [6.07, 6.45) is 3.39. The fourth-order valence-electron chi connectivity index (χ4n) is 2.51. The van der Waals surface area contributed by atoms with Crippen molar-refractivity contribution >= 4 is 5.69 Å². The van der Waals surface area contributed by atoms with Crippen LogP contribution < -0.4 is 5.32 Å². The summed E-state index contributed by atoms with van der Waals surface area (Å²) >= 11 is 0. The molecule has 1 aromatic carbocycles. The average molecular weight is 264 g/mol. The van der Waals surface area contributed by atoms with Gasteiger partial charge in [-0.1, -0.05) is 12.1 Å². The van der Waals surface area contributed by atoms with Gasteiger partial charge in [0, 0.05) is 31.8 Å². The Bertz CT molecular complexity index is 464. The van der Waals surface area contributed by atoms with Crippen LogP contribution in [0.15, 0.2) is 18.2 Å². The van der Waals surface area contributed by atoms with Crippen LogP contribution in [0, 0.1) is 17.0 Å². The van der Waals surface area contributed by atoms with Crippen molar-refractivity contribution in [3.8, 4) is 0 Å². The second kappa shape index (κ2) is 5.67. The Morgan fingerprint density at radius 3 is 2.74 bits per heavy atom. The van der Waals surface area contributed by atoms with Crippen molar-refractivity contribution in [3.63, 3.8) is 0 Å². The molecule has 2 rings (SSSR count).